The summed E-state index contributed by atoms with van der Waals surface area (Å²) in [6.07, 6.45) is 1.06. The lowest BCUT2D eigenvalue weighted by Crippen LogP contribution is -2.33. The van der Waals surface area contributed by atoms with Gasteiger partial charge in [-0.3, -0.25) is 9.36 Å². The first-order valence-electron chi connectivity index (χ1n) is 8.08. The number of anilines is 1. The molecule has 1 aromatic carbocycles. The standard InChI is InChI=1S/C17H21N5O2S/c1-3-10-22-16(24)19-20-17(22)25-12-15(23)21(11-4-9-18)14-7-5-13(2)6-8-14/h5-8H,3-4,10-12H2,1-2H3,(H,19,24). The zero-order chi connectivity index (χ0) is 18.2. The summed E-state index contributed by atoms with van der Waals surface area (Å²) >= 11 is 1.22. The molecule has 0 saturated carbocycles. The van der Waals surface area contributed by atoms with E-state index >= 15 is 0 Å². The van der Waals surface area contributed by atoms with Crippen molar-refractivity contribution in [1.82, 2.24) is 14.8 Å². The van der Waals surface area contributed by atoms with Crippen molar-refractivity contribution in [1.29, 1.82) is 5.26 Å². The molecule has 1 aromatic heterocycles. The minimum atomic E-state index is -0.267. The molecule has 0 fully saturated rings. The highest BCUT2D eigenvalue weighted by Gasteiger charge is 2.18. The molecule has 132 valence electrons. The second-order valence-corrected chi connectivity index (χ2v) is 6.48. The molecule has 0 aliphatic heterocycles. The summed E-state index contributed by atoms with van der Waals surface area (Å²) in [6, 6.07) is 9.68. The minimum Gasteiger partial charge on any atom is -0.311 e. The smallest absolute Gasteiger partial charge is 0.311 e. The van der Waals surface area contributed by atoms with Crippen LogP contribution >= 0.6 is 11.8 Å². The Morgan fingerprint density at radius 1 is 1.40 bits per heavy atom. The molecular formula is C17H21N5O2S. The Bertz CT molecular complexity index is 804. The zero-order valence-electron chi connectivity index (χ0n) is 14.4. The van der Waals surface area contributed by atoms with Crippen LogP contribution in [0.3, 0.4) is 0 Å². The average molecular weight is 359 g/mol. The van der Waals surface area contributed by atoms with E-state index in [1.54, 1.807) is 4.90 Å². The highest BCUT2D eigenvalue weighted by Crippen LogP contribution is 2.19. The number of nitrogens with one attached hydrogen (secondary N) is 1. The molecular weight excluding hydrogens is 338 g/mol. The molecule has 0 saturated heterocycles. The monoisotopic (exact) mass is 359 g/mol. The molecule has 0 atom stereocenters. The average Bonchev–Trinajstić information content (AvgIpc) is 2.95. The van der Waals surface area contributed by atoms with Crippen LogP contribution in [0.4, 0.5) is 5.69 Å². The first-order chi connectivity index (χ1) is 12.1. The van der Waals surface area contributed by atoms with Crippen molar-refractivity contribution in [2.75, 3.05) is 17.2 Å². The SMILES string of the molecule is CCCn1c(SCC(=O)N(CCC#N)c2ccc(C)cc2)n[nH]c1=O. The van der Waals surface area contributed by atoms with Crippen LogP contribution in [0, 0.1) is 18.3 Å². The molecule has 0 spiro atoms. The van der Waals surface area contributed by atoms with Gasteiger partial charge in [-0.1, -0.05) is 36.4 Å². The summed E-state index contributed by atoms with van der Waals surface area (Å²) in [5.41, 5.74) is 1.60. The van der Waals surface area contributed by atoms with E-state index in [1.165, 1.54) is 16.3 Å². The predicted molar refractivity (Wildman–Crippen MR) is 97.6 cm³/mol. The maximum atomic E-state index is 12.7. The molecule has 25 heavy (non-hydrogen) atoms. The molecule has 0 bridgehead atoms. The lowest BCUT2D eigenvalue weighted by Gasteiger charge is -2.21. The van der Waals surface area contributed by atoms with Crippen molar-refractivity contribution in [3.63, 3.8) is 0 Å². The van der Waals surface area contributed by atoms with E-state index in [0.717, 1.165) is 17.7 Å². The molecule has 1 heterocycles. The number of hydrogen-bond acceptors (Lipinski definition) is 5. The topological polar surface area (TPSA) is 94.8 Å². The van der Waals surface area contributed by atoms with Crippen LogP contribution < -0.4 is 10.6 Å². The van der Waals surface area contributed by atoms with Crippen LogP contribution in [0.25, 0.3) is 0 Å². The van der Waals surface area contributed by atoms with Crippen molar-refractivity contribution in [3.05, 3.63) is 40.3 Å². The highest BCUT2D eigenvalue weighted by atomic mass is 32.2. The third-order valence-electron chi connectivity index (χ3n) is 3.59. The summed E-state index contributed by atoms with van der Waals surface area (Å²) in [5.74, 6) is 0.0236. The van der Waals surface area contributed by atoms with Crippen LogP contribution in [0.5, 0.6) is 0 Å². The molecule has 0 radical (unpaired) electrons. The normalized spacial score (nSPS) is 10.4. The Kier molecular flexibility index (Phi) is 6.83. The van der Waals surface area contributed by atoms with E-state index < -0.39 is 0 Å². The van der Waals surface area contributed by atoms with Crippen LogP contribution in [-0.2, 0) is 11.3 Å². The fourth-order valence-corrected chi connectivity index (χ4v) is 3.17. The van der Waals surface area contributed by atoms with Gasteiger partial charge in [-0.2, -0.15) is 5.26 Å². The Labute approximate surface area is 150 Å². The van der Waals surface area contributed by atoms with Gasteiger partial charge in [0, 0.05) is 18.8 Å². The van der Waals surface area contributed by atoms with Gasteiger partial charge >= 0.3 is 5.69 Å². The number of nitriles is 1. The number of hydrogen-bond donors (Lipinski definition) is 1. The summed E-state index contributed by atoms with van der Waals surface area (Å²) in [5, 5.41) is 15.7. The van der Waals surface area contributed by atoms with Gasteiger partial charge in [-0.15, -0.1) is 5.10 Å². The molecule has 2 aromatic rings. The van der Waals surface area contributed by atoms with Gasteiger partial charge in [0.2, 0.25) is 5.91 Å². The van der Waals surface area contributed by atoms with E-state index in [0.29, 0.717) is 18.2 Å². The number of aromatic amines is 1. The quantitative estimate of drug-likeness (QED) is 0.730. The summed E-state index contributed by atoms with van der Waals surface area (Å²) < 4.78 is 1.53. The lowest BCUT2D eigenvalue weighted by molar-refractivity contribution is -0.116. The molecule has 0 unspecified atom stereocenters. The third-order valence-corrected chi connectivity index (χ3v) is 4.55. The van der Waals surface area contributed by atoms with E-state index in [-0.39, 0.29) is 23.8 Å². The second-order valence-electron chi connectivity index (χ2n) is 5.54. The largest absolute Gasteiger partial charge is 0.343 e. The zero-order valence-corrected chi connectivity index (χ0v) is 15.2. The van der Waals surface area contributed by atoms with Crippen molar-refractivity contribution in [2.45, 2.75) is 38.4 Å². The van der Waals surface area contributed by atoms with Crippen LogP contribution in [0.1, 0.15) is 25.3 Å². The molecule has 2 rings (SSSR count). The summed E-state index contributed by atoms with van der Waals surface area (Å²) in [6.45, 7) is 4.84. The first kappa shape index (κ1) is 18.8. The van der Waals surface area contributed by atoms with Gasteiger partial charge in [0.15, 0.2) is 5.16 Å². The van der Waals surface area contributed by atoms with E-state index in [9.17, 15) is 9.59 Å². The minimum absolute atomic E-state index is 0.123. The number of thioether (sulfide) groups is 1. The fourth-order valence-electron chi connectivity index (χ4n) is 2.32. The van der Waals surface area contributed by atoms with E-state index in [1.807, 2.05) is 38.1 Å². The number of amides is 1. The Morgan fingerprint density at radius 3 is 2.76 bits per heavy atom. The summed E-state index contributed by atoms with van der Waals surface area (Å²) in [4.78, 5) is 26.0. The van der Waals surface area contributed by atoms with Crippen molar-refractivity contribution in [3.8, 4) is 6.07 Å². The van der Waals surface area contributed by atoms with Gasteiger partial charge in [-0.05, 0) is 25.5 Å². The van der Waals surface area contributed by atoms with Crippen LogP contribution in [0.15, 0.2) is 34.2 Å². The van der Waals surface area contributed by atoms with Gasteiger partial charge in [-0.25, -0.2) is 9.89 Å². The number of benzene rings is 1. The number of nitrogens with zero attached hydrogens (tertiary/aromatic N) is 4. The molecule has 7 nitrogen and oxygen atoms in total. The Balaban J connectivity index is 2.11. The highest BCUT2D eigenvalue weighted by molar-refractivity contribution is 7.99. The number of aromatic nitrogens is 3. The number of aryl methyl sites for hydroxylation is 1. The molecule has 0 aliphatic rings. The molecule has 8 heteroatoms. The van der Waals surface area contributed by atoms with Gasteiger partial charge < -0.3 is 4.90 Å². The predicted octanol–water partition coefficient (Wildman–Crippen LogP) is 2.33. The van der Waals surface area contributed by atoms with Gasteiger partial charge in [0.25, 0.3) is 0 Å². The Hall–Kier alpha value is -2.53. The number of rotatable bonds is 8. The lowest BCUT2D eigenvalue weighted by atomic mass is 10.2. The van der Waals surface area contributed by atoms with Crippen LogP contribution in [0.2, 0.25) is 0 Å². The molecule has 1 amide bonds. The van der Waals surface area contributed by atoms with Crippen molar-refractivity contribution >= 4 is 23.4 Å². The third kappa shape index (κ3) is 4.97. The van der Waals surface area contributed by atoms with Crippen molar-refractivity contribution in [2.24, 2.45) is 0 Å². The van der Waals surface area contributed by atoms with Gasteiger partial charge in [0.1, 0.15) is 0 Å². The molecule has 1 N–H and O–H groups in total. The van der Waals surface area contributed by atoms with Crippen LogP contribution in [-0.4, -0.2) is 33.0 Å². The van der Waals surface area contributed by atoms with Gasteiger partial charge in [0.05, 0.1) is 18.2 Å². The van der Waals surface area contributed by atoms with E-state index in [2.05, 4.69) is 16.3 Å². The number of carbonyl (C=O) groups excluding carboxylic acids is 1. The van der Waals surface area contributed by atoms with Crippen molar-refractivity contribution < 1.29 is 4.79 Å². The number of H-pyrrole nitrogens is 1. The maximum Gasteiger partial charge on any atom is 0.343 e. The second kappa shape index (κ2) is 9.08. The molecule has 0 aliphatic carbocycles. The first-order valence-corrected chi connectivity index (χ1v) is 9.07. The summed E-state index contributed by atoms with van der Waals surface area (Å²) in [7, 11) is 0. The Morgan fingerprint density at radius 2 is 2.12 bits per heavy atom. The number of carbonyl (C=O) groups is 1. The maximum absolute atomic E-state index is 12.7. The van der Waals surface area contributed by atoms with E-state index in [4.69, 9.17) is 5.26 Å². The fraction of sp³-hybridized carbons (Fsp3) is 0.412.